The number of aromatic carboxylic acids is 1. The van der Waals surface area contributed by atoms with Gasteiger partial charge in [0, 0.05) is 11.9 Å². The Kier molecular flexibility index (Phi) is 3.57. The Balaban J connectivity index is 2.27. The van der Waals surface area contributed by atoms with Crippen molar-refractivity contribution in [2.45, 2.75) is 6.92 Å². The van der Waals surface area contributed by atoms with Gasteiger partial charge in [-0.05, 0) is 30.7 Å². The number of anilines is 1. The summed E-state index contributed by atoms with van der Waals surface area (Å²) < 4.78 is 0. The largest absolute Gasteiger partial charge is 0.478 e. The monoisotopic (exact) mass is 278 g/mol. The molecule has 0 atom stereocenters. The zero-order valence-electron chi connectivity index (χ0n) is 10.0. The maximum Gasteiger partial charge on any atom is 0.336 e. The van der Waals surface area contributed by atoms with Crippen molar-refractivity contribution in [1.82, 2.24) is 4.98 Å². The van der Waals surface area contributed by atoms with Gasteiger partial charge in [-0.1, -0.05) is 17.7 Å². The van der Waals surface area contributed by atoms with E-state index in [0.29, 0.717) is 22.0 Å². The summed E-state index contributed by atoms with van der Waals surface area (Å²) >= 11 is 5.72. The van der Waals surface area contributed by atoms with Crippen LogP contribution in [0, 0.1) is 6.92 Å². The number of amides is 1. The second-order valence-corrected chi connectivity index (χ2v) is 4.41. The van der Waals surface area contributed by atoms with Gasteiger partial charge in [0.15, 0.2) is 0 Å². The molecule has 0 saturated heterocycles. The number of hydrogen-bond donors (Lipinski definition) is 3. The van der Waals surface area contributed by atoms with Gasteiger partial charge >= 0.3 is 5.97 Å². The molecule has 1 amide bonds. The molecule has 0 fully saturated rings. The molecular formula is C13H11ClN2O3. The van der Waals surface area contributed by atoms with E-state index in [4.69, 9.17) is 16.7 Å². The van der Waals surface area contributed by atoms with Crippen molar-refractivity contribution in [3.63, 3.8) is 0 Å². The first kappa shape index (κ1) is 13.2. The lowest BCUT2D eigenvalue weighted by Crippen LogP contribution is -2.14. The van der Waals surface area contributed by atoms with Crippen LogP contribution in [-0.2, 0) is 0 Å². The Labute approximate surface area is 114 Å². The molecule has 2 rings (SSSR count). The molecular weight excluding hydrogens is 268 g/mol. The number of benzene rings is 1. The van der Waals surface area contributed by atoms with Crippen molar-refractivity contribution in [2.75, 3.05) is 5.32 Å². The lowest BCUT2D eigenvalue weighted by molar-refractivity contribution is 0.0695. The van der Waals surface area contributed by atoms with Crippen molar-refractivity contribution < 1.29 is 14.7 Å². The quantitative estimate of drug-likeness (QED) is 0.807. The minimum absolute atomic E-state index is 0.155. The van der Waals surface area contributed by atoms with Gasteiger partial charge in [-0.3, -0.25) is 4.79 Å². The zero-order valence-corrected chi connectivity index (χ0v) is 10.8. The predicted octanol–water partition coefficient (Wildman–Crippen LogP) is 2.93. The van der Waals surface area contributed by atoms with Crippen LogP contribution in [0.3, 0.4) is 0 Å². The van der Waals surface area contributed by atoms with Crippen LogP contribution in [0.25, 0.3) is 0 Å². The van der Waals surface area contributed by atoms with Crippen LogP contribution in [0.2, 0.25) is 5.02 Å². The molecule has 1 aromatic carbocycles. The average molecular weight is 279 g/mol. The minimum Gasteiger partial charge on any atom is -0.478 e. The Bertz CT molecular complexity index is 649. The number of carbonyl (C=O) groups is 2. The summed E-state index contributed by atoms with van der Waals surface area (Å²) in [4.78, 5) is 25.6. The molecule has 0 spiro atoms. The fraction of sp³-hybridized carbons (Fsp3) is 0.0769. The Morgan fingerprint density at radius 2 is 2.11 bits per heavy atom. The molecule has 0 aliphatic carbocycles. The molecule has 0 unspecified atom stereocenters. The second kappa shape index (κ2) is 5.16. The van der Waals surface area contributed by atoms with Gasteiger partial charge in [-0.25, -0.2) is 4.79 Å². The lowest BCUT2D eigenvalue weighted by atomic mass is 10.1. The zero-order chi connectivity index (χ0) is 14.0. The van der Waals surface area contributed by atoms with Gasteiger partial charge in [-0.15, -0.1) is 0 Å². The summed E-state index contributed by atoms with van der Waals surface area (Å²) in [5.41, 5.74) is 1.42. The maximum atomic E-state index is 11.9. The van der Waals surface area contributed by atoms with E-state index in [1.807, 2.05) is 0 Å². The van der Waals surface area contributed by atoms with Crippen molar-refractivity contribution in [3.8, 4) is 0 Å². The fourth-order valence-corrected chi connectivity index (χ4v) is 1.86. The predicted molar refractivity (Wildman–Crippen MR) is 71.9 cm³/mol. The molecule has 19 heavy (non-hydrogen) atoms. The van der Waals surface area contributed by atoms with E-state index in [0.717, 1.165) is 0 Å². The van der Waals surface area contributed by atoms with Gasteiger partial charge in [0.25, 0.3) is 5.91 Å². The van der Waals surface area contributed by atoms with Crippen molar-refractivity contribution in [1.29, 1.82) is 0 Å². The average Bonchev–Trinajstić information content (AvgIpc) is 2.78. The molecule has 0 saturated carbocycles. The molecule has 0 bridgehead atoms. The van der Waals surface area contributed by atoms with Crippen LogP contribution in [0.5, 0.6) is 0 Å². The smallest absolute Gasteiger partial charge is 0.336 e. The number of aromatic amines is 1. The summed E-state index contributed by atoms with van der Waals surface area (Å²) in [5.74, 6) is -1.41. The number of aromatic nitrogens is 1. The van der Waals surface area contributed by atoms with E-state index in [-0.39, 0.29) is 11.5 Å². The van der Waals surface area contributed by atoms with E-state index in [1.54, 1.807) is 19.1 Å². The van der Waals surface area contributed by atoms with E-state index < -0.39 is 5.97 Å². The second-order valence-electron chi connectivity index (χ2n) is 3.97. The van der Waals surface area contributed by atoms with Gasteiger partial charge < -0.3 is 15.4 Å². The SMILES string of the molecule is Cc1c(NC(=O)c2cc(Cl)c[nH]2)cccc1C(=O)O. The fourth-order valence-electron chi connectivity index (χ4n) is 1.69. The highest BCUT2D eigenvalue weighted by molar-refractivity contribution is 6.31. The van der Waals surface area contributed by atoms with E-state index >= 15 is 0 Å². The van der Waals surface area contributed by atoms with Crippen LogP contribution in [-0.4, -0.2) is 22.0 Å². The first-order valence-electron chi connectivity index (χ1n) is 5.47. The topological polar surface area (TPSA) is 82.2 Å². The molecule has 6 heteroatoms. The summed E-state index contributed by atoms with van der Waals surface area (Å²) in [6, 6.07) is 6.20. The van der Waals surface area contributed by atoms with Crippen LogP contribution >= 0.6 is 11.6 Å². The third kappa shape index (κ3) is 2.77. The number of halogens is 1. The molecule has 1 aromatic heterocycles. The number of hydrogen-bond acceptors (Lipinski definition) is 2. The Morgan fingerprint density at radius 1 is 1.37 bits per heavy atom. The van der Waals surface area contributed by atoms with Crippen LogP contribution in [0.1, 0.15) is 26.4 Å². The molecule has 0 aliphatic heterocycles. The number of carboxylic acid groups (broad SMARTS) is 1. The summed E-state index contributed by atoms with van der Waals surface area (Å²) in [6.45, 7) is 1.64. The van der Waals surface area contributed by atoms with Gasteiger partial charge in [0.1, 0.15) is 5.69 Å². The molecule has 0 aliphatic rings. The Morgan fingerprint density at radius 3 is 2.68 bits per heavy atom. The number of H-pyrrole nitrogens is 1. The first-order valence-corrected chi connectivity index (χ1v) is 5.85. The highest BCUT2D eigenvalue weighted by Gasteiger charge is 2.13. The third-order valence-corrected chi connectivity index (χ3v) is 2.92. The maximum absolute atomic E-state index is 11.9. The summed E-state index contributed by atoms with van der Waals surface area (Å²) in [5, 5.41) is 12.1. The molecule has 2 aromatic rings. The minimum atomic E-state index is -1.03. The molecule has 1 heterocycles. The number of carbonyl (C=O) groups excluding carboxylic acids is 1. The number of carboxylic acids is 1. The number of rotatable bonds is 3. The standard InChI is InChI=1S/C13H11ClN2O3/c1-7-9(13(18)19)3-2-4-10(7)16-12(17)11-5-8(14)6-15-11/h2-6,15H,1H3,(H,16,17)(H,18,19). The molecule has 98 valence electrons. The Hall–Kier alpha value is -2.27. The van der Waals surface area contributed by atoms with Gasteiger partial charge in [0.2, 0.25) is 0 Å². The third-order valence-electron chi connectivity index (χ3n) is 2.70. The highest BCUT2D eigenvalue weighted by atomic mass is 35.5. The van der Waals surface area contributed by atoms with E-state index in [9.17, 15) is 9.59 Å². The van der Waals surface area contributed by atoms with Crippen molar-refractivity contribution in [3.05, 3.63) is 52.3 Å². The van der Waals surface area contributed by atoms with Crippen LogP contribution in [0.4, 0.5) is 5.69 Å². The van der Waals surface area contributed by atoms with Crippen LogP contribution in [0.15, 0.2) is 30.5 Å². The summed E-state index contributed by atoms with van der Waals surface area (Å²) in [7, 11) is 0. The molecule has 3 N–H and O–H groups in total. The highest BCUT2D eigenvalue weighted by Crippen LogP contribution is 2.20. The van der Waals surface area contributed by atoms with Crippen molar-refractivity contribution >= 4 is 29.2 Å². The van der Waals surface area contributed by atoms with Gasteiger partial charge in [0.05, 0.1) is 10.6 Å². The van der Waals surface area contributed by atoms with E-state index in [2.05, 4.69) is 10.3 Å². The normalized spacial score (nSPS) is 10.2. The number of nitrogens with one attached hydrogen (secondary N) is 2. The molecule has 5 nitrogen and oxygen atoms in total. The van der Waals surface area contributed by atoms with Gasteiger partial charge in [-0.2, -0.15) is 0 Å². The summed E-state index contributed by atoms with van der Waals surface area (Å²) in [6.07, 6.45) is 1.50. The molecule has 0 radical (unpaired) electrons. The van der Waals surface area contributed by atoms with E-state index in [1.165, 1.54) is 18.3 Å². The van der Waals surface area contributed by atoms with Crippen LogP contribution < -0.4 is 5.32 Å². The lowest BCUT2D eigenvalue weighted by Gasteiger charge is -2.09. The first-order chi connectivity index (χ1) is 8.99. The van der Waals surface area contributed by atoms with Crippen molar-refractivity contribution in [2.24, 2.45) is 0 Å².